The molecule has 108 valence electrons. The van der Waals surface area contributed by atoms with Crippen molar-refractivity contribution in [1.82, 2.24) is 0 Å². The van der Waals surface area contributed by atoms with Gasteiger partial charge < -0.3 is 15.3 Å². The van der Waals surface area contributed by atoms with Gasteiger partial charge in [-0.1, -0.05) is 43.9 Å². The minimum absolute atomic E-state index is 0.0297. The van der Waals surface area contributed by atoms with Crippen molar-refractivity contribution in [2.24, 2.45) is 0 Å². The van der Waals surface area contributed by atoms with Crippen LogP contribution in [0.25, 0.3) is 0 Å². The smallest absolute Gasteiger partial charge is 0.123 e. The molecule has 0 fully saturated rings. The van der Waals surface area contributed by atoms with Crippen LogP contribution in [-0.2, 0) is 6.61 Å². The van der Waals surface area contributed by atoms with Crippen LogP contribution in [0.3, 0.4) is 0 Å². The van der Waals surface area contributed by atoms with Crippen LogP contribution >= 0.6 is 0 Å². The quantitative estimate of drug-likeness (QED) is 0.742. The molecule has 0 radical (unpaired) electrons. The van der Waals surface area contributed by atoms with E-state index in [0.717, 1.165) is 11.1 Å². The highest BCUT2D eigenvalue weighted by Gasteiger charge is 2.12. The summed E-state index contributed by atoms with van der Waals surface area (Å²) in [6, 6.07) is 10.4. The molecule has 0 bridgehead atoms. The van der Waals surface area contributed by atoms with Gasteiger partial charge in [-0.05, 0) is 29.7 Å². The first-order chi connectivity index (χ1) is 10.0. The highest BCUT2D eigenvalue weighted by Crippen LogP contribution is 2.34. The SMILES string of the molecule is CC(C)c1c(O)cc(C#Cc2ccccc2CO)cc1O. The summed E-state index contributed by atoms with van der Waals surface area (Å²) in [5, 5.41) is 29.2. The fraction of sp³-hybridized carbons (Fsp3) is 0.222. The summed E-state index contributed by atoms with van der Waals surface area (Å²) in [6.45, 7) is 3.73. The van der Waals surface area contributed by atoms with Gasteiger partial charge in [0.2, 0.25) is 0 Å². The fourth-order valence-electron chi connectivity index (χ4n) is 2.21. The first-order valence-electron chi connectivity index (χ1n) is 6.79. The Labute approximate surface area is 124 Å². The van der Waals surface area contributed by atoms with E-state index in [2.05, 4.69) is 11.8 Å². The number of phenols is 2. The molecule has 3 nitrogen and oxygen atoms in total. The zero-order chi connectivity index (χ0) is 15.4. The summed E-state index contributed by atoms with van der Waals surface area (Å²) in [5.41, 5.74) is 2.53. The number of hydrogen-bond donors (Lipinski definition) is 3. The average Bonchev–Trinajstić information content (AvgIpc) is 2.44. The molecule has 0 aliphatic heterocycles. The molecular weight excluding hydrogens is 264 g/mol. The van der Waals surface area contributed by atoms with Crippen LogP contribution in [0.5, 0.6) is 11.5 Å². The second kappa shape index (κ2) is 6.34. The molecule has 0 saturated carbocycles. The van der Waals surface area contributed by atoms with Gasteiger partial charge in [-0.25, -0.2) is 0 Å². The van der Waals surface area contributed by atoms with Crippen LogP contribution in [0, 0.1) is 11.8 Å². The van der Waals surface area contributed by atoms with Gasteiger partial charge in [0, 0.05) is 16.7 Å². The number of phenolic OH excluding ortho intramolecular Hbond substituents is 2. The maximum Gasteiger partial charge on any atom is 0.123 e. The lowest BCUT2D eigenvalue weighted by Crippen LogP contribution is -1.91. The van der Waals surface area contributed by atoms with E-state index in [9.17, 15) is 15.3 Å². The Morgan fingerprint density at radius 1 is 1.00 bits per heavy atom. The standard InChI is InChI=1S/C18H18O3/c1-12(2)18-16(20)9-13(10-17(18)21)7-8-14-5-3-4-6-15(14)11-19/h3-6,9-10,12,19-21H,11H2,1-2H3. The van der Waals surface area contributed by atoms with E-state index in [1.54, 1.807) is 18.2 Å². The predicted octanol–water partition coefficient (Wildman–Crippen LogP) is 3.11. The fourth-order valence-corrected chi connectivity index (χ4v) is 2.21. The molecule has 2 rings (SSSR count). The molecular formula is C18H18O3. The Bertz CT molecular complexity index is 683. The maximum absolute atomic E-state index is 9.97. The normalized spacial score (nSPS) is 10.3. The first-order valence-corrected chi connectivity index (χ1v) is 6.79. The number of benzene rings is 2. The molecule has 0 aliphatic rings. The largest absolute Gasteiger partial charge is 0.507 e. The highest BCUT2D eigenvalue weighted by atomic mass is 16.3. The van der Waals surface area contributed by atoms with E-state index in [1.807, 2.05) is 32.0 Å². The number of aliphatic hydroxyl groups excluding tert-OH is 1. The second-order valence-corrected chi connectivity index (χ2v) is 5.15. The van der Waals surface area contributed by atoms with Gasteiger partial charge in [0.1, 0.15) is 11.5 Å². The molecule has 0 amide bonds. The average molecular weight is 282 g/mol. The van der Waals surface area contributed by atoms with Gasteiger partial charge in [-0.2, -0.15) is 0 Å². The highest BCUT2D eigenvalue weighted by molar-refractivity contribution is 5.54. The molecule has 0 spiro atoms. The van der Waals surface area contributed by atoms with E-state index in [1.165, 1.54) is 0 Å². The molecule has 3 N–H and O–H groups in total. The molecule has 3 heteroatoms. The van der Waals surface area contributed by atoms with Crippen LogP contribution in [0.2, 0.25) is 0 Å². The minimum Gasteiger partial charge on any atom is -0.507 e. The van der Waals surface area contributed by atoms with Gasteiger partial charge >= 0.3 is 0 Å². The number of rotatable bonds is 2. The summed E-state index contributed by atoms with van der Waals surface area (Å²) in [5.74, 6) is 5.98. The van der Waals surface area contributed by atoms with Gasteiger partial charge in [-0.15, -0.1) is 0 Å². The van der Waals surface area contributed by atoms with Crippen molar-refractivity contribution >= 4 is 0 Å². The van der Waals surface area contributed by atoms with Crippen LogP contribution in [0.4, 0.5) is 0 Å². The molecule has 2 aromatic carbocycles. The lowest BCUT2D eigenvalue weighted by molar-refractivity contribution is 0.281. The van der Waals surface area contributed by atoms with Gasteiger partial charge in [-0.3, -0.25) is 0 Å². The summed E-state index contributed by atoms with van der Waals surface area (Å²) in [4.78, 5) is 0. The summed E-state index contributed by atoms with van der Waals surface area (Å²) in [6.07, 6.45) is 0. The lowest BCUT2D eigenvalue weighted by Gasteiger charge is -2.10. The molecule has 2 aromatic rings. The Morgan fingerprint density at radius 3 is 2.19 bits per heavy atom. The Hall–Kier alpha value is -2.44. The van der Waals surface area contributed by atoms with Crippen LogP contribution in [0.1, 0.15) is 42.0 Å². The third kappa shape index (κ3) is 3.36. The van der Waals surface area contributed by atoms with Gasteiger partial charge in [0.25, 0.3) is 0 Å². The van der Waals surface area contributed by atoms with Crippen LogP contribution in [0.15, 0.2) is 36.4 Å². The molecule has 21 heavy (non-hydrogen) atoms. The molecule has 0 heterocycles. The van der Waals surface area contributed by atoms with Crippen molar-refractivity contribution in [2.75, 3.05) is 0 Å². The van der Waals surface area contributed by atoms with Crippen LogP contribution in [-0.4, -0.2) is 15.3 Å². The van der Waals surface area contributed by atoms with E-state index < -0.39 is 0 Å². The van der Waals surface area contributed by atoms with Crippen molar-refractivity contribution in [1.29, 1.82) is 0 Å². The van der Waals surface area contributed by atoms with Gasteiger partial charge in [0.05, 0.1) is 6.61 Å². The Balaban J connectivity index is 2.40. The van der Waals surface area contributed by atoms with E-state index in [0.29, 0.717) is 11.1 Å². The zero-order valence-electron chi connectivity index (χ0n) is 12.1. The van der Waals surface area contributed by atoms with Gasteiger partial charge in [0.15, 0.2) is 0 Å². The second-order valence-electron chi connectivity index (χ2n) is 5.15. The molecule has 0 unspecified atom stereocenters. The van der Waals surface area contributed by atoms with Crippen molar-refractivity contribution in [3.63, 3.8) is 0 Å². The summed E-state index contributed by atoms with van der Waals surface area (Å²) >= 11 is 0. The number of aliphatic hydroxyl groups is 1. The Kier molecular flexibility index (Phi) is 4.52. The molecule has 0 aliphatic carbocycles. The van der Waals surface area contributed by atoms with E-state index >= 15 is 0 Å². The lowest BCUT2D eigenvalue weighted by atomic mass is 9.99. The zero-order valence-corrected chi connectivity index (χ0v) is 12.1. The summed E-state index contributed by atoms with van der Waals surface area (Å²) in [7, 11) is 0. The molecule has 0 saturated heterocycles. The minimum atomic E-state index is -0.0758. The molecule has 0 aromatic heterocycles. The molecule has 0 atom stereocenters. The maximum atomic E-state index is 9.97. The third-order valence-electron chi connectivity index (χ3n) is 3.24. The van der Waals surface area contributed by atoms with E-state index in [-0.39, 0.29) is 24.0 Å². The number of hydrogen-bond acceptors (Lipinski definition) is 3. The predicted molar refractivity (Wildman–Crippen MR) is 82.2 cm³/mol. The van der Waals surface area contributed by atoms with Crippen molar-refractivity contribution < 1.29 is 15.3 Å². The number of aromatic hydroxyl groups is 2. The van der Waals surface area contributed by atoms with Crippen LogP contribution < -0.4 is 0 Å². The monoisotopic (exact) mass is 282 g/mol. The third-order valence-corrected chi connectivity index (χ3v) is 3.24. The topological polar surface area (TPSA) is 60.7 Å². The van der Waals surface area contributed by atoms with Crippen molar-refractivity contribution in [3.05, 3.63) is 58.7 Å². The Morgan fingerprint density at radius 2 is 1.62 bits per heavy atom. The van der Waals surface area contributed by atoms with E-state index in [4.69, 9.17) is 0 Å². The summed E-state index contributed by atoms with van der Waals surface area (Å²) < 4.78 is 0. The first kappa shape index (κ1) is 15.0. The van der Waals surface area contributed by atoms with Crippen molar-refractivity contribution in [3.8, 4) is 23.3 Å². The van der Waals surface area contributed by atoms with Crippen molar-refractivity contribution in [2.45, 2.75) is 26.4 Å².